The molecule has 0 aromatic heterocycles. The van der Waals surface area contributed by atoms with Gasteiger partial charge in [0.2, 0.25) is 0 Å². The zero-order chi connectivity index (χ0) is 11.3. The molecule has 1 atom stereocenters. The van der Waals surface area contributed by atoms with Crippen LogP contribution in [0.3, 0.4) is 0 Å². The molecule has 0 aliphatic heterocycles. The number of halogens is 2. The van der Waals surface area contributed by atoms with E-state index in [1.165, 1.54) is 7.11 Å². The summed E-state index contributed by atoms with van der Waals surface area (Å²) in [4.78, 5) is 0. The molecule has 0 heterocycles. The van der Waals surface area contributed by atoms with Crippen LogP contribution in [0.1, 0.15) is 17.5 Å². The summed E-state index contributed by atoms with van der Waals surface area (Å²) in [6, 6.07) is 5.19. The van der Waals surface area contributed by atoms with Crippen LogP contribution in [-0.4, -0.2) is 13.0 Å². The van der Waals surface area contributed by atoms with Crippen molar-refractivity contribution in [2.24, 2.45) is 5.73 Å². The van der Waals surface area contributed by atoms with Crippen LogP contribution < -0.4 is 10.5 Å². The molecule has 1 aliphatic carbocycles. The predicted molar refractivity (Wildman–Crippen MR) is 53.2 cm³/mol. The Morgan fingerprint density at radius 2 is 2.00 bits per heavy atom. The van der Waals surface area contributed by atoms with E-state index >= 15 is 0 Å². The lowest BCUT2D eigenvalue weighted by Crippen LogP contribution is -2.28. The van der Waals surface area contributed by atoms with Gasteiger partial charge in [0.25, 0.3) is 5.92 Å². The molecule has 1 unspecified atom stereocenters. The van der Waals surface area contributed by atoms with Crippen LogP contribution in [0.4, 0.5) is 8.78 Å². The molecule has 0 spiro atoms. The third-order valence-corrected chi connectivity index (χ3v) is 2.93. The van der Waals surface area contributed by atoms with Gasteiger partial charge >= 0.3 is 0 Å². The molecule has 1 aliphatic rings. The topological polar surface area (TPSA) is 35.2 Å². The van der Waals surface area contributed by atoms with E-state index in [-0.39, 0.29) is 6.42 Å². The fraction of sp³-hybridized carbons (Fsp3) is 0.455. The molecule has 2 N–H and O–H groups in total. The van der Waals surface area contributed by atoms with Gasteiger partial charge in [-0.25, -0.2) is 8.78 Å². The van der Waals surface area contributed by atoms with Crippen molar-refractivity contribution < 1.29 is 13.5 Å². The van der Waals surface area contributed by atoms with Crippen molar-refractivity contribution in [1.82, 2.24) is 0 Å². The third-order valence-electron chi connectivity index (χ3n) is 2.93. The average Bonchev–Trinajstić information content (AvgIpc) is 2.65. The second-order valence-corrected chi connectivity index (χ2v) is 4.00. The molecule has 15 heavy (non-hydrogen) atoms. The molecule has 2 nitrogen and oxygen atoms in total. The summed E-state index contributed by atoms with van der Waals surface area (Å²) in [6.45, 7) is 1.76. The summed E-state index contributed by atoms with van der Waals surface area (Å²) < 4.78 is 31.4. The average molecular weight is 213 g/mol. The molecule has 82 valence electrons. The third kappa shape index (κ3) is 1.32. The summed E-state index contributed by atoms with van der Waals surface area (Å²) in [5, 5.41) is 0. The van der Waals surface area contributed by atoms with Gasteiger partial charge in [-0.1, -0.05) is 12.1 Å². The highest BCUT2D eigenvalue weighted by Gasteiger charge is 2.71. The molecule has 0 amide bonds. The van der Waals surface area contributed by atoms with E-state index in [0.29, 0.717) is 11.3 Å². The maximum Gasteiger partial charge on any atom is 0.272 e. The van der Waals surface area contributed by atoms with Crippen molar-refractivity contribution in [3.05, 3.63) is 29.3 Å². The number of hydrogen-bond acceptors (Lipinski definition) is 2. The molecule has 4 heteroatoms. The van der Waals surface area contributed by atoms with Gasteiger partial charge in [0.1, 0.15) is 11.3 Å². The highest BCUT2D eigenvalue weighted by Crippen LogP contribution is 2.60. The van der Waals surface area contributed by atoms with E-state index in [4.69, 9.17) is 10.5 Å². The minimum Gasteiger partial charge on any atom is -0.496 e. The minimum absolute atomic E-state index is 0.304. The van der Waals surface area contributed by atoms with Crippen molar-refractivity contribution in [2.45, 2.75) is 24.8 Å². The Morgan fingerprint density at radius 3 is 2.47 bits per heavy atom. The Bertz CT molecular complexity index is 406. The Morgan fingerprint density at radius 1 is 1.40 bits per heavy atom. The van der Waals surface area contributed by atoms with Crippen LogP contribution in [0.5, 0.6) is 5.75 Å². The number of alkyl halides is 2. The van der Waals surface area contributed by atoms with E-state index in [1.54, 1.807) is 25.1 Å². The summed E-state index contributed by atoms with van der Waals surface area (Å²) in [6.07, 6.45) is -0.304. The van der Waals surface area contributed by atoms with Gasteiger partial charge in [-0.2, -0.15) is 0 Å². The fourth-order valence-corrected chi connectivity index (χ4v) is 1.96. The second-order valence-electron chi connectivity index (χ2n) is 4.00. The number of aryl methyl sites for hydroxylation is 1. The first-order valence-electron chi connectivity index (χ1n) is 4.73. The van der Waals surface area contributed by atoms with Crippen LogP contribution in [0.15, 0.2) is 18.2 Å². The predicted octanol–water partition coefficient (Wildman–Crippen LogP) is 2.20. The number of benzene rings is 1. The standard InChI is InChI=1S/C11H13F2NO/c1-7-4-3-5-8(15-2)9(7)10(14)6-11(10,12)13/h3-5H,6,14H2,1-2H3. The second kappa shape index (κ2) is 2.92. The zero-order valence-corrected chi connectivity index (χ0v) is 8.68. The van der Waals surface area contributed by atoms with Crippen molar-refractivity contribution in [1.29, 1.82) is 0 Å². The lowest BCUT2D eigenvalue weighted by atomic mass is 9.98. The first-order valence-corrected chi connectivity index (χ1v) is 4.73. The van der Waals surface area contributed by atoms with E-state index < -0.39 is 11.5 Å². The molecular weight excluding hydrogens is 200 g/mol. The van der Waals surface area contributed by atoms with E-state index in [9.17, 15) is 8.78 Å². The van der Waals surface area contributed by atoms with Crippen LogP contribution in [0.25, 0.3) is 0 Å². The van der Waals surface area contributed by atoms with E-state index in [1.807, 2.05) is 0 Å². The minimum atomic E-state index is -2.81. The Kier molecular flexibility index (Phi) is 2.01. The monoisotopic (exact) mass is 213 g/mol. The summed E-state index contributed by atoms with van der Waals surface area (Å²) >= 11 is 0. The lowest BCUT2D eigenvalue weighted by molar-refractivity contribution is 0.0882. The number of rotatable bonds is 2. The maximum absolute atomic E-state index is 13.2. The quantitative estimate of drug-likeness (QED) is 0.817. The van der Waals surface area contributed by atoms with Gasteiger partial charge in [0, 0.05) is 12.0 Å². The summed E-state index contributed by atoms with van der Waals surface area (Å²) in [5.74, 6) is -2.37. The van der Waals surface area contributed by atoms with Crippen LogP contribution >= 0.6 is 0 Å². The van der Waals surface area contributed by atoms with Crippen LogP contribution in [-0.2, 0) is 5.54 Å². The molecular formula is C11H13F2NO. The van der Waals surface area contributed by atoms with Crippen molar-refractivity contribution in [3.8, 4) is 5.75 Å². The maximum atomic E-state index is 13.2. The molecule has 0 bridgehead atoms. The van der Waals surface area contributed by atoms with Gasteiger partial charge in [-0.3, -0.25) is 0 Å². The lowest BCUT2D eigenvalue weighted by Gasteiger charge is -2.17. The molecule has 1 fully saturated rings. The van der Waals surface area contributed by atoms with Crippen molar-refractivity contribution >= 4 is 0 Å². The smallest absolute Gasteiger partial charge is 0.272 e. The van der Waals surface area contributed by atoms with Crippen molar-refractivity contribution in [2.75, 3.05) is 7.11 Å². The molecule has 0 saturated heterocycles. The van der Waals surface area contributed by atoms with E-state index in [0.717, 1.165) is 5.56 Å². The van der Waals surface area contributed by atoms with Gasteiger partial charge in [-0.15, -0.1) is 0 Å². The van der Waals surface area contributed by atoms with Crippen molar-refractivity contribution in [3.63, 3.8) is 0 Å². The van der Waals surface area contributed by atoms with Crippen LogP contribution in [0, 0.1) is 6.92 Å². The molecule has 1 saturated carbocycles. The van der Waals surface area contributed by atoms with E-state index in [2.05, 4.69) is 0 Å². The molecule has 1 aromatic carbocycles. The number of ether oxygens (including phenoxy) is 1. The summed E-state index contributed by atoms with van der Waals surface area (Å²) in [5.41, 5.74) is 5.33. The normalized spacial score (nSPS) is 27.5. The molecule has 1 aromatic rings. The first-order chi connectivity index (χ1) is 6.92. The van der Waals surface area contributed by atoms with Gasteiger partial charge < -0.3 is 10.5 Å². The molecule has 2 rings (SSSR count). The Hall–Kier alpha value is -1.16. The SMILES string of the molecule is COc1cccc(C)c1C1(N)CC1(F)F. The number of nitrogens with two attached hydrogens (primary N) is 1. The number of hydrogen-bond donors (Lipinski definition) is 1. The molecule has 0 radical (unpaired) electrons. The first kappa shape index (κ1) is 10.4. The zero-order valence-electron chi connectivity index (χ0n) is 8.68. The highest BCUT2D eigenvalue weighted by atomic mass is 19.3. The Balaban J connectivity index is 2.54. The van der Waals surface area contributed by atoms with Crippen LogP contribution in [0.2, 0.25) is 0 Å². The fourth-order valence-electron chi connectivity index (χ4n) is 1.96. The largest absolute Gasteiger partial charge is 0.496 e. The van der Waals surface area contributed by atoms with Gasteiger partial charge in [0.15, 0.2) is 0 Å². The highest BCUT2D eigenvalue weighted by molar-refractivity contribution is 5.50. The Labute approximate surface area is 87.0 Å². The van der Waals surface area contributed by atoms with Gasteiger partial charge in [0.05, 0.1) is 7.11 Å². The number of methoxy groups -OCH3 is 1. The van der Waals surface area contributed by atoms with Gasteiger partial charge in [-0.05, 0) is 18.6 Å². The summed E-state index contributed by atoms with van der Waals surface area (Å²) in [7, 11) is 1.46.